The highest BCUT2D eigenvalue weighted by molar-refractivity contribution is 7.89. The topological polar surface area (TPSA) is 84.5 Å². The van der Waals surface area contributed by atoms with Crippen LogP contribution in [0.3, 0.4) is 0 Å². The van der Waals surface area contributed by atoms with E-state index in [1.165, 1.54) is 12.1 Å². The van der Waals surface area contributed by atoms with Crippen LogP contribution in [0.2, 0.25) is 0 Å². The zero-order valence-corrected chi connectivity index (χ0v) is 16.4. The normalized spacial score (nSPS) is 13.7. The molecule has 0 radical (unpaired) electrons. The zero-order valence-electron chi connectivity index (χ0n) is 15.5. The summed E-state index contributed by atoms with van der Waals surface area (Å²) in [6.07, 6.45) is 1.70. The maximum Gasteiger partial charge on any atom is 0.255 e. The quantitative estimate of drug-likeness (QED) is 0.614. The molecule has 0 atom stereocenters. The van der Waals surface area contributed by atoms with Crippen LogP contribution in [0.15, 0.2) is 83.8 Å². The van der Waals surface area contributed by atoms with E-state index in [1.54, 1.807) is 36.4 Å². The van der Waals surface area contributed by atoms with Crippen LogP contribution in [0.5, 0.6) is 11.5 Å². The van der Waals surface area contributed by atoms with Crippen LogP contribution >= 0.6 is 0 Å². The van der Waals surface area contributed by atoms with Gasteiger partial charge in [-0.3, -0.25) is 4.79 Å². The summed E-state index contributed by atoms with van der Waals surface area (Å²) >= 11 is 0. The maximum absolute atomic E-state index is 12.5. The third kappa shape index (κ3) is 5.01. The van der Waals surface area contributed by atoms with Gasteiger partial charge >= 0.3 is 0 Å². The molecule has 7 heteroatoms. The van der Waals surface area contributed by atoms with Gasteiger partial charge in [0.1, 0.15) is 11.5 Å². The number of amides is 1. The Bertz CT molecular complexity index is 1110. The molecule has 4 rings (SSSR count). The monoisotopic (exact) mass is 408 g/mol. The standard InChI is InChI=1S/C22H20N2O4S/c25-22(16-5-4-8-21(15-16)29(26,27)24-18-9-10-18)23-17-11-13-20(14-12-17)28-19-6-2-1-3-7-19/h1-8,11-15,18,24H,9-10H2,(H,23,25). The average molecular weight is 408 g/mol. The van der Waals surface area contributed by atoms with Crippen LogP contribution in [0.4, 0.5) is 5.69 Å². The van der Waals surface area contributed by atoms with E-state index < -0.39 is 10.0 Å². The van der Waals surface area contributed by atoms with E-state index >= 15 is 0 Å². The van der Waals surface area contributed by atoms with Crippen LogP contribution in [0, 0.1) is 0 Å². The third-order valence-corrected chi connectivity index (χ3v) is 5.91. The summed E-state index contributed by atoms with van der Waals surface area (Å²) in [7, 11) is -3.61. The summed E-state index contributed by atoms with van der Waals surface area (Å²) in [5.74, 6) is 0.987. The van der Waals surface area contributed by atoms with Gasteiger partial charge in [0, 0.05) is 17.3 Å². The molecule has 1 amide bonds. The number of hydrogen-bond donors (Lipinski definition) is 2. The third-order valence-electron chi connectivity index (χ3n) is 4.40. The van der Waals surface area contributed by atoms with Crippen molar-refractivity contribution >= 4 is 21.6 Å². The largest absolute Gasteiger partial charge is 0.457 e. The van der Waals surface area contributed by atoms with Crippen LogP contribution in [0.25, 0.3) is 0 Å². The molecule has 148 valence electrons. The summed E-state index contributed by atoms with van der Waals surface area (Å²) in [5.41, 5.74) is 0.855. The lowest BCUT2D eigenvalue weighted by molar-refractivity contribution is 0.102. The van der Waals surface area contributed by atoms with Crippen molar-refractivity contribution in [2.24, 2.45) is 0 Å². The van der Waals surface area contributed by atoms with E-state index in [0.717, 1.165) is 18.6 Å². The number of ether oxygens (including phenoxy) is 1. The van der Waals surface area contributed by atoms with Crippen LogP contribution < -0.4 is 14.8 Å². The van der Waals surface area contributed by atoms with Crippen molar-refractivity contribution in [1.82, 2.24) is 4.72 Å². The fourth-order valence-electron chi connectivity index (χ4n) is 2.73. The number of sulfonamides is 1. The smallest absolute Gasteiger partial charge is 0.255 e. The first-order chi connectivity index (χ1) is 14.0. The summed E-state index contributed by atoms with van der Waals surface area (Å²) in [6.45, 7) is 0. The molecule has 6 nitrogen and oxygen atoms in total. The Morgan fingerprint density at radius 2 is 1.55 bits per heavy atom. The van der Waals surface area contributed by atoms with E-state index in [1.807, 2.05) is 30.3 Å². The van der Waals surface area contributed by atoms with Crippen molar-refractivity contribution in [2.45, 2.75) is 23.8 Å². The first-order valence-electron chi connectivity index (χ1n) is 9.26. The second-order valence-corrected chi connectivity index (χ2v) is 8.53. The molecule has 1 aliphatic rings. The number of hydrogen-bond acceptors (Lipinski definition) is 4. The van der Waals surface area contributed by atoms with E-state index in [9.17, 15) is 13.2 Å². The molecule has 0 bridgehead atoms. The van der Waals surface area contributed by atoms with Gasteiger partial charge in [-0.05, 0) is 67.4 Å². The molecule has 2 N–H and O–H groups in total. The maximum atomic E-state index is 12.5. The van der Waals surface area contributed by atoms with Gasteiger partial charge in [0.2, 0.25) is 10.0 Å². The van der Waals surface area contributed by atoms with Crippen molar-refractivity contribution < 1.29 is 17.9 Å². The van der Waals surface area contributed by atoms with Gasteiger partial charge in [-0.2, -0.15) is 0 Å². The summed E-state index contributed by atoms with van der Waals surface area (Å²) in [5, 5.41) is 2.77. The molecule has 1 fully saturated rings. The molecule has 1 aliphatic carbocycles. The summed E-state index contributed by atoms with van der Waals surface area (Å²) in [4.78, 5) is 12.6. The minimum absolute atomic E-state index is 0.00843. The molecule has 29 heavy (non-hydrogen) atoms. The average Bonchev–Trinajstić information content (AvgIpc) is 3.54. The van der Waals surface area contributed by atoms with Gasteiger partial charge in [-0.25, -0.2) is 13.1 Å². The van der Waals surface area contributed by atoms with E-state index in [4.69, 9.17) is 4.74 Å². The number of anilines is 1. The molecule has 0 aromatic heterocycles. The second-order valence-electron chi connectivity index (χ2n) is 6.82. The highest BCUT2D eigenvalue weighted by Gasteiger charge is 2.28. The van der Waals surface area contributed by atoms with Crippen molar-refractivity contribution in [3.05, 3.63) is 84.4 Å². The Morgan fingerprint density at radius 1 is 0.862 bits per heavy atom. The molecular formula is C22H20N2O4S. The van der Waals surface area contributed by atoms with Crippen LogP contribution in [-0.4, -0.2) is 20.4 Å². The number of carbonyl (C=O) groups excluding carboxylic acids is 1. The van der Waals surface area contributed by atoms with Gasteiger partial charge in [0.15, 0.2) is 0 Å². The number of nitrogens with one attached hydrogen (secondary N) is 2. The summed E-state index contributed by atoms with van der Waals surface area (Å²) < 4.78 is 33.0. The Balaban J connectivity index is 1.43. The van der Waals surface area contributed by atoms with Gasteiger partial charge in [0.05, 0.1) is 4.90 Å². The van der Waals surface area contributed by atoms with Crippen LogP contribution in [-0.2, 0) is 10.0 Å². The number of carbonyl (C=O) groups is 1. The lowest BCUT2D eigenvalue weighted by Gasteiger charge is -2.10. The van der Waals surface area contributed by atoms with Crippen LogP contribution in [0.1, 0.15) is 23.2 Å². The predicted octanol–water partition coefficient (Wildman–Crippen LogP) is 4.17. The predicted molar refractivity (Wildman–Crippen MR) is 111 cm³/mol. The number of benzene rings is 3. The molecule has 0 heterocycles. The first-order valence-corrected chi connectivity index (χ1v) is 10.7. The highest BCUT2D eigenvalue weighted by Crippen LogP contribution is 2.24. The molecule has 0 unspecified atom stereocenters. The Labute approximate surface area is 169 Å². The zero-order chi connectivity index (χ0) is 20.3. The number of para-hydroxylation sites is 1. The first kappa shape index (κ1) is 19.2. The fourth-order valence-corrected chi connectivity index (χ4v) is 4.08. The minimum Gasteiger partial charge on any atom is -0.457 e. The van der Waals surface area contributed by atoms with Gasteiger partial charge in [-0.1, -0.05) is 24.3 Å². The minimum atomic E-state index is -3.61. The van der Waals surface area contributed by atoms with Gasteiger partial charge < -0.3 is 10.1 Å². The molecule has 1 saturated carbocycles. The van der Waals surface area contributed by atoms with Gasteiger partial charge in [-0.15, -0.1) is 0 Å². The second kappa shape index (κ2) is 8.06. The molecule has 3 aromatic rings. The molecule has 0 spiro atoms. The molecule has 3 aromatic carbocycles. The fraction of sp³-hybridized carbons (Fsp3) is 0.136. The lowest BCUT2D eigenvalue weighted by atomic mass is 10.2. The van der Waals surface area contributed by atoms with E-state index in [0.29, 0.717) is 11.4 Å². The van der Waals surface area contributed by atoms with Crippen molar-refractivity contribution in [3.63, 3.8) is 0 Å². The molecule has 0 saturated heterocycles. The summed E-state index contributed by atoms with van der Waals surface area (Å²) in [6, 6.07) is 22.4. The molecule has 0 aliphatic heterocycles. The highest BCUT2D eigenvalue weighted by atomic mass is 32.2. The van der Waals surface area contributed by atoms with Crippen molar-refractivity contribution in [3.8, 4) is 11.5 Å². The Hall–Kier alpha value is -3.16. The number of rotatable bonds is 7. The van der Waals surface area contributed by atoms with Crippen molar-refractivity contribution in [2.75, 3.05) is 5.32 Å². The van der Waals surface area contributed by atoms with Gasteiger partial charge in [0.25, 0.3) is 5.91 Å². The lowest BCUT2D eigenvalue weighted by Crippen LogP contribution is -2.26. The van der Waals surface area contributed by atoms with Crippen molar-refractivity contribution in [1.29, 1.82) is 0 Å². The Kier molecular flexibility index (Phi) is 5.33. The Morgan fingerprint density at radius 3 is 2.24 bits per heavy atom. The molecular weight excluding hydrogens is 388 g/mol. The SMILES string of the molecule is O=C(Nc1ccc(Oc2ccccc2)cc1)c1cccc(S(=O)(=O)NC2CC2)c1. The van der Waals surface area contributed by atoms with E-state index in [2.05, 4.69) is 10.0 Å². The van der Waals surface area contributed by atoms with E-state index in [-0.39, 0.29) is 22.4 Å².